The minimum atomic E-state index is -2.77. The van der Waals surface area contributed by atoms with Crippen LogP contribution >= 0.6 is 11.6 Å². The van der Waals surface area contributed by atoms with Crippen LogP contribution in [0.5, 0.6) is 5.75 Å². The Morgan fingerprint density at radius 3 is 2.42 bits per heavy atom. The first-order valence-electron chi connectivity index (χ1n) is 12.4. The van der Waals surface area contributed by atoms with Crippen LogP contribution in [0.1, 0.15) is 28.8 Å². The molecule has 0 radical (unpaired) electrons. The lowest BCUT2D eigenvalue weighted by Gasteiger charge is -2.52. The number of anilines is 1. The average molecular weight is 550 g/mol. The minimum Gasteiger partial charge on any atom is -0.504 e. The maximum atomic E-state index is 13.8. The summed E-state index contributed by atoms with van der Waals surface area (Å²) in [5, 5.41) is 25.5. The van der Waals surface area contributed by atoms with Crippen LogP contribution in [0.2, 0.25) is 5.15 Å². The van der Waals surface area contributed by atoms with Crippen LogP contribution in [0.4, 0.5) is 5.82 Å². The molecule has 1 amide bonds. The smallest absolute Gasteiger partial charge is 0.235 e. The largest absolute Gasteiger partial charge is 0.504 e. The molecule has 2 saturated carbocycles. The van der Waals surface area contributed by atoms with Crippen LogP contribution in [0.15, 0.2) is 0 Å². The van der Waals surface area contributed by atoms with Crippen molar-refractivity contribution in [1.82, 2.24) is 14.8 Å². The Hall–Kier alpha value is -2.93. The minimum absolute atomic E-state index is 0.0123. The third-order valence-corrected chi connectivity index (χ3v) is 8.26. The molecule has 0 saturated heterocycles. The highest BCUT2D eigenvalue weighted by Gasteiger charge is 2.69. The zero-order chi connectivity index (χ0) is 28.3. The molecule has 5 N–H and O–H groups in total. The molecule has 1 aromatic rings. The number of Topliss-reactive ketones (excluding diaryl/α,β-unsaturated/α-hetero) is 4. The first kappa shape index (κ1) is 28.1. The van der Waals surface area contributed by atoms with E-state index < -0.39 is 70.1 Å². The molecule has 0 aromatic carbocycles. The van der Waals surface area contributed by atoms with Crippen LogP contribution in [-0.2, 0) is 25.6 Å². The Morgan fingerprint density at radius 1 is 1.18 bits per heavy atom. The van der Waals surface area contributed by atoms with E-state index >= 15 is 0 Å². The monoisotopic (exact) mass is 549 g/mol. The Morgan fingerprint density at radius 2 is 1.84 bits per heavy atom. The number of likely N-dealkylation sites (N-methyl/N-ethyl adjacent to an activating group) is 1. The number of rotatable bonds is 7. The molecule has 0 spiro atoms. The molecular formula is C25H32ClN5O7. The first-order valence-corrected chi connectivity index (χ1v) is 12.8. The third-order valence-electron chi connectivity index (χ3n) is 7.95. The summed E-state index contributed by atoms with van der Waals surface area (Å²) in [6, 6.07) is -1.16. The Kier molecular flexibility index (Phi) is 7.38. The van der Waals surface area contributed by atoms with Gasteiger partial charge in [0.2, 0.25) is 5.91 Å². The number of carbonyl (C=O) groups excluding carboxylic acids is 5. The highest BCUT2D eigenvalue weighted by molar-refractivity contribution is 6.34. The summed E-state index contributed by atoms with van der Waals surface area (Å²) in [6.45, 7) is 1.19. The lowest BCUT2D eigenvalue weighted by molar-refractivity contribution is -0.181. The number of carbonyl (C=O) groups is 5. The van der Waals surface area contributed by atoms with Crippen molar-refractivity contribution >= 4 is 46.5 Å². The van der Waals surface area contributed by atoms with Crippen molar-refractivity contribution in [3.8, 4) is 5.75 Å². The van der Waals surface area contributed by atoms with Crippen molar-refractivity contribution in [3.63, 3.8) is 0 Å². The van der Waals surface area contributed by atoms with E-state index in [1.54, 1.807) is 0 Å². The maximum Gasteiger partial charge on any atom is 0.235 e. The van der Waals surface area contributed by atoms with Gasteiger partial charge in [-0.1, -0.05) is 11.6 Å². The summed E-state index contributed by atoms with van der Waals surface area (Å²) in [5.41, 5.74) is 2.63. The fourth-order valence-electron chi connectivity index (χ4n) is 6.24. The summed E-state index contributed by atoms with van der Waals surface area (Å²) in [7, 11) is 6.89. The molecular weight excluding hydrogens is 518 g/mol. The molecule has 2 fully saturated rings. The summed E-state index contributed by atoms with van der Waals surface area (Å²) >= 11 is 6.43. The molecule has 1 aromatic heterocycles. The number of aromatic nitrogens is 1. The van der Waals surface area contributed by atoms with E-state index in [-0.39, 0.29) is 34.9 Å². The van der Waals surface area contributed by atoms with Gasteiger partial charge in [0, 0.05) is 18.0 Å². The zero-order valence-electron chi connectivity index (χ0n) is 21.7. The number of pyridine rings is 1. The average Bonchev–Trinajstić information content (AvgIpc) is 2.81. The van der Waals surface area contributed by atoms with Crippen molar-refractivity contribution in [2.45, 2.75) is 30.9 Å². The van der Waals surface area contributed by atoms with Crippen molar-refractivity contribution in [2.75, 3.05) is 46.6 Å². The van der Waals surface area contributed by atoms with Crippen LogP contribution in [0, 0.1) is 23.7 Å². The van der Waals surface area contributed by atoms with E-state index in [0.29, 0.717) is 13.0 Å². The Labute approximate surface area is 224 Å². The second-order valence-corrected chi connectivity index (χ2v) is 11.2. The van der Waals surface area contributed by atoms with Gasteiger partial charge in [0.1, 0.15) is 5.15 Å². The molecule has 4 rings (SSSR count). The lowest BCUT2D eigenvalue weighted by atomic mass is 9.52. The van der Waals surface area contributed by atoms with Gasteiger partial charge >= 0.3 is 0 Å². The molecule has 3 aliphatic carbocycles. The van der Waals surface area contributed by atoms with Gasteiger partial charge in [0.05, 0.1) is 17.5 Å². The molecule has 1 heterocycles. The van der Waals surface area contributed by atoms with Gasteiger partial charge in [-0.3, -0.25) is 28.9 Å². The van der Waals surface area contributed by atoms with E-state index in [9.17, 15) is 34.2 Å². The second-order valence-electron chi connectivity index (χ2n) is 10.8. The third kappa shape index (κ3) is 4.19. The number of ketones is 4. The lowest BCUT2D eigenvalue weighted by Crippen LogP contribution is -2.74. The van der Waals surface area contributed by atoms with Gasteiger partial charge in [0.15, 0.2) is 46.2 Å². The zero-order valence-corrected chi connectivity index (χ0v) is 22.4. The standard InChI is InChI=1S/C25H32ClN5O7/c1-30(2)7-5-6-28-24-19(34)14-11(22(26)29-24)8-10-9-12-16(31(3)4)18(33)15(23(27)37)21(36)25(12,38)20(35)13(10)17(14)32/h10,12-13,15-16,34,38H,5-9H2,1-4H3,(H2,27,37)(H,28,29)/t10-,12-,13?,15?,16-,25-/m0/s1. The summed E-state index contributed by atoms with van der Waals surface area (Å²) in [4.78, 5) is 73.6. The van der Waals surface area contributed by atoms with Gasteiger partial charge in [-0.25, -0.2) is 4.98 Å². The number of primary amides is 1. The second kappa shape index (κ2) is 9.99. The van der Waals surface area contributed by atoms with Crippen molar-refractivity contribution in [3.05, 3.63) is 16.3 Å². The number of aromatic hydroxyl groups is 1. The molecule has 13 heteroatoms. The van der Waals surface area contributed by atoms with Crippen LogP contribution in [-0.4, -0.2) is 107 Å². The van der Waals surface area contributed by atoms with Crippen LogP contribution in [0.25, 0.3) is 0 Å². The molecule has 0 bridgehead atoms. The van der Waals surface area contributed by atoms with E-state index in [1.165, 1.54) is 19.0 Å². The fraction of sp³-hybridized carbons (Fsp3) is 0.600. The van der Waals surface area contributed by atoms with E-state index in [1.807, 2.05) is 19.0 Å². The number of amides is 1. The molecule has 38 heavy (non-hydrogen) atoms. The van der Waals surface area contributed by atoms with Gasteiger partial charge < -0.3 is 26.2 Å². The molecule has 3 aliphatic rings. The molecule has 6 atom stereocenters. The number of aliphatic hydroxyl groups is 1. The number of fused-ring (bicyclic) bond motifs is 3. The van der Waals surface area contributed by atoms with E-state index in [4.69, 9.17) is 17.3 Å². The quantitative estimate of drug-likeness (QED) is 0.191. The van der Waals surface area contributed by atoms with Gasteiger partial charge in [-0.05, 0) is 59.9 Å². The Balaban J connectivity index is 1.75. The SMILES string of the molecule is CN(C)CCCNc1nc(Cl)c2c(c1O)C(=O)C1C(=O)[C@]3(O)C(=O)C(C(N)=O)C(=O)[C@@H](N(C)C)[C@@H]3C[C@@H]1C2. The van der Waals surface area contributed by atoms with Crippen LogP contribution < -0.4 is 11.1 Å². The van der Waals surface area contributed by atoms with Crippen molar-refractivity contribution in [1.29, 1.82) is 0 Å². The van der Waals surface area contributed by atoms with Gasteiger partial charge in [0.25, 0.3) is 0 Å². The number of nitrogens with two attached hydrogens (primary N) is 1. The van der Waals surface area contributed by atoms with Gasteiger partial charge in [-0.15, -0.1) is 0 Å². The highest BCUT2D eigenvalue weighted by atomic mass is 35.5. The number of halogens is 1. The summed E-state index contributed by atoms with van der Waals surface area (Å²) in [6.07, 6.45) is 0.723. The van der Waals surface area contributed by atoms with Crippen molar-refractivity contribution in [2.24, 2.45) is 29.4 Å². The topological polar surface area (TPSA) is 183 Å². The van der Waals surface area contributed by atoms with Crippen molar-refractivity contribution < 1.29 is 34.2 Å². The van der Waals surface area contributed by atoms with E-state index in [0.717, 1.165) is 6.54 Å². The first-order chi connectivity index (χ1) is 17.7. The summed E-state index contributed by atoms with van der Waals surface area (Å²) in [5.74, 6) is -11.2. The molecule has 0 aliphatic heterocycles. The number of nitrogens with zero attached hydrogens (tertiary/aromatic N) is 3. The normalized spacial score (nSPS) is 30.8. The van der Waals surface area contributed by atoms with Crippen LogP contribution in [0.3, 0.4) is 0 Å². The van der Waals surface area contributed by atoms with Gasteiger partial charge in [-0.2, -0.15) is 0 Å². The number of hydrogen-bond acceptors (Lipinski definition) is 11. The summed E-state index contributed by atoms with van der Waals surface area (Å²) < 4.78 is 0. The molecule has 12 nitrogen and oxygen atoms in total. The Bertz CT molecular complexity index is 1230. The maximum absolute atomic E-state index is 13.8. The number of hydrogen-bond donors (Lipinski definition) is 4. The molecule has 2 unspecified atom stereocenters. The molecule has 206 valence electrons. The highest BCUT2D eigenvalue weighted by Crippen LogP contribution is 2.51. The fourth-order valence-corrected chi connectivity index (χ4v) is 6.50. The number of nitrogens with one attached hydrogen (secondary N) is 1. The van der Waals surface area contributed by atoms with E-state index in [2.05, 4.69) is 10.3 Å². The predicted octanol–water partition coefficient (Wildman–Crippen LogP) is -0.721. The predicted molar refractivity (Wildman–Crippen MR) is 136 cm³/mol.